The van der Waals surface area contributed by atoms with E-state index in [2.05, 4.69) is 15.2 Å². The quantitative estimate of drug-likeness (QED) is 0.671. The van der Waals surface area contributed by atoms with Gasteiger partial charge in [0.1, 0.15) is 11.6 Å². The van der Waals surface area contributed by atoms with E-state index in [1.165, 1.54) is 24.3 Å². The Hall–Kier alpha value is -3.23. The Bertz CT molecular complexity index is 962. The van der Waals surface area contributed by atoms with Crippen molar-refractivity contribution in [1.29, 1.82) is 0 Å². The molecule has 1 fully saturated rings. The van der Waals surface area contributed by atoms with Gasteiger partial charge in [0.05, 0.1) is 0 Å². The molecule has 28 heavy (non-hydrogen) atoms. The highest BCUT2D eigenvalue weighted by atomic mass is 19.1. The standard InChI is InChI=1S/C19H20FN5O3/c1-12-9-16(22-24(12)2)19(26)25-8-7-13(10-25)18-21-17(28-23-18)11-27-15-5-3-14(20)4-6-15/h3-6,9,13H,7-8,10-11H2,1-2H3. The molecule has 0 N–H and O–H groups in total. The van der Waals surface area contributed by atoms with Crippen LogP contribution in [0, 0.1) is 12.7 Å². The largest absolute Gasteiger partial charge is 0.484 e. The lowest BCUT2D eigenvalue weighted by Gasteiger charge is -2.13. The molecule has 146 valence electrons. The summed E-state index contributed by atoms with van der Waals surface area (Å²) in [7, 11) is 1.81. The Balaban J connectivity index is 1.35. The maximum absolute atomic E-state index is 12.9. The molecule has 1 aliphatic rings. The molecule has 3 heterocycles. The summed E-state index contributed by atoms with van der Waals surface area (Å²) in [6, 6.07) is 7.50. The smallest absolute Gasteiger partial charge is 0.274 e. The number of aromatic nitrogens is 4. The van der Waals surface area contributed by atoms with E-state index in [1.54, 1.807) is 15.6 Å². The summed E-state index contributed by atoms with van der Waals surface area (Å²) in [6.07, 6.45) is 0.759. The van der Waals surface area contributed by atoms with Gasteiger partial charge < -0.3 is 14.2 Å². The first kappa shape index (κ1) is 18.1. The van der Waals surface area contributed by atoms with Gasteiger partial charge in [-0.05, 0) is 43.7 Å². The second-order valence-corrected chi connectivity index (χ2v) is 6.82. The lowest BCUT2D eigenvalue weighted by Crippen LogP contribution is -2.29. The van der Waals surface area contributed by atoms with Crippen molar-refractivity contribution in [1.82, 2.24) is 24.8 Å². The normalized spacial score (nSPS) is 16.5. The first-order valence-corrected chi connectivity index (χ1v) is 9.00. The van der Waals surface area contributed by atoms with E-state index in [-0.39, 0.29) is 24.2 Å². The minimum Gasteiger partial charge on any atom is -0.484 e. The van der Waals surface area contributed by atoms with Gasteiger partial charge in [-0.15, -0.1) is 0 Å². The number of halogens is 1. The van der Waals surface area contributed by atoms with E-state index < -0.39 is 0 Å². The van der Waals surface area contributed by atoms with Crippen molar-refractivity contribution in [2.75, 3.05) is 13.1 Å². The molecule has 2 aromatic heterocycles. The van der Waals surface area contributed by atoms with Crippen LogP contribution in [0.15, 0.2) is 34.9 Å². The molecular weight excluding hydrogens is 365 g/mol. The molecule has 0 bridgehead atoms. The Morgan fingerprint density at radius 3 is 2.86 bits per heavy atom. The predicted molar refractivity (Wildman–Crippen MR) is 96.2 cm³/mol. The lowest BCUT2D eigenvalue weighted by molar-refractivity contribution is 0.0784. The Kier molecular flexibility index (Phi) is 4.81. The lowest BCUT2D eigenvalue weighted by atomic mass is 10.1. The van der Waals surface area contributed by atoms with Gasteiger partial charge in [0, 0.05) is 31.7 Å². The van der Waals surface area contributed by atoms with Crippen LogP contribution in [-0.4, -0.2) is 43.8 Å². The third kappa shape index (κ3) is 3.73. The van der Waals surface area contributed by atoms with E-state index in [9.17, 15) is 9.18 Å². The number of likely N-dealkylation sites (tertiary alicyclic amines) is 1. The Morgan fingerprint density at radius 1 is 1.36 bits per heavy atom. The zero-order chi connectivity index (χ0) is 19.7. The molecule has 1 unspecified atom stereocenters. The molecule has 0 spiro atoms. The molecule has 1 amide bonds. The second-order valence-electron chi connectivity index (χ2n) is 6.82. The van der Waals surface area contributed by atoms with Crippen molar-refractivity contribution >= 4 is 5.91 Å². The number of carbonyl (C=O) groups is 1. The number of amides is 1. The molecule has 9 heteroatoms. The highest BCUT2D eigenvalue weighted by Crippen LogP contribution is 2.26. The first-order chi connectivity index (χ1) is 13.5. The molecule has 1 atom stereocenters. The fourth-order valence-electron chi connectivity index (χ4n) is 3.15. The van der Waals surface area contributed by atoms with Crippen LogP contribution in [0.1, 0.15) is 40.2 Å². The SMILES string of the molecule is Cc1cc(C(=O)N2CCC(c3noc(COc4ccc(F)cc4)n3)C2)nn1C. The van der Waals surface area contributed by atoms with E-state index in [0.29, 0.717) is 36.2 Å². The number of hydrogen-bond acceptors (Lipinski definition) is 6. The molecule has 0 aliphatic carbocycles. The minimum absolute atomic E-state index is 0.0112. The summed E-state index contributed by atoms with van der Waals surface area (Å²) in [4.78, 5) is 18.8. The predicted octanol–water partition coefficient (Wildman–Crippen LogP) is 2.46. The monoisotopic (exact) mass is 385 g/mol. The first-order valence-electron chi connectivity index (χ1n) is 9.00. The van der Waals surface area contributed by atoms with Crippen LogP contribution in [-0.2, 0) is 13.7 Å². The number of ether oxygens (including phenoxy) is 1. The van der Waals surface area contributed by atoms with E-state index in [4.69, 9.17) is 9.26 Å². The molecule has 1 aliphatic heterocycles. The summed E-state index contributed by atoms with van der Waals surface area (Å²) >= 11 is 0. The van der Waals surface area contributed by atoms with Gasteiger partial charge >= 0.3 is 0 Å². The van der Waals surface area contributed by atoms with Gasteiger partial charge in [-0.25, -0.2) is 4.39 Å². The van der Waals surface area contributed by atoms with Crippen molar-refractivity contribution in [2.45, 2.75) is 25.9 Å². The molecule has 4 rings (SSSR count). The van der Waals surface area contributed by atoms with Crippen LogP contribution in [0.25, 0.3) is 0 Å². The fourth-order valence-corrected chi connectivity index (χ4v) is 3.15. The molecule has 8 nitrogen and oxygen atoms in total. The van der Waals surface area contributed by atoms with Crippen molar-refractivity contribution in [2.24, 2.45) is 7.05 Å². The number of rotatable bonds is 5. The van der Waals surface area contributed by atoms with Crippen LogP contribution in [0.5, 0.6) is 5.75 Å². The fraction of sp³-hybridized carbons (Fsp3) is 0.368. The van der Waals surface area contributed by atoms with Gasteiger partial charge in [0.15, 0.2) is 18.1 Å². The number of benzene rings is 1. The highest BCUT2D eigenvalue weighted by Gasteiger charge is 2.32. The second kappa shape index (κ2) is 7.41. The van der Waals surface area contributed by atoms with E-state index in [0.717, 1.165) is 12.1 Å². The molecule has 0 saturated carbocycles. The average molecular weight is 385 g/mol. The molecule has 3 aromatic rings. The number of nitrogens with zero attached hydrogens (tertiary/aromatic N) is 5. The number of carbonyl (C=O) groups excluding carboxylic acids is 1. The minimum atomic E-state index is -0.325. The summed E-state index contributed by atoms with van der Waals surface area (Å²) in [6.45, 7) is 3.15. The zero-order valence-corrected chi connectivity index (χ0v) is 15.6. The summed E-state index contributed by atoms with van der Waals surface area (Å²) < 4.78 is 25.4. The topological polar surface area (TPSA) is 86.3 Å². The van der Waals surface area contributed by atoms with Gasteiger partial charge in [-0.2, -0.15) is 10.1 Å². The van der Waals surface area contributed by atoms with Crippen molar-refractivity contribution in [3.8, 4) is 5.75 Å². The van der Waals surface area contributed by atoms with Gasteiger partial charge in [0.2, 0.25) is 0 Å². The van der Waals surface area contributed by atoms with Crippen LogP contribution >= 0.6 is 0 Å². The molecule has 0 radical (unpaired) electrons. The van der Waals surface area contributed by atoms with Gasteiger partial charge in [0.25, 0.3) is 11.8 Å². The van der Waals surface area contributed by atoms with Crippen LogP contribution in [0.3, 0.4) is 0 Å². The van der Waals surface area contributed by atoms with Crippen molar-refractivity contribution in [3.63, 3.8) is 0 Å². The molecule has 1 aromatic carbocycles. The van der Waals surface area contributed by atoms with E-state index in [1.807, 2.05) is 14.0 Å². The molecule has 1 saturated heterocycles. The van der Waals surface area contributed by atoms with Crippen LogP contribution in [0.4, 0.5) is 4.39 Å². The summed E-state index contributed by atoms with van der Waals surface area (Å²) in [5.41, 5.74) is 1.38. The average Bonchev–Trinajstić information content (AvgIpc) is 3.41. The summed E-state index contributed by atoms with van der Waals surface area (Å²) in [5, 5.41) is 8.28. The third-order valence-electron chi connectivity index (χ3n) is 4.83. The molecular formula is C19H20FN5O3. The Morgan fingerprint density at radius 2 is 2.14 bits per heavy atom. The maximum Gasteiger partial charge on any atom is 0.274 e. The van der Waals surface area contributed by atoms with Gasteiger partial charge in [-0.1, -0.05) is 5.16 Å². The van der Waals surface area contributed by atoms with Crippen molar-refractivity contribution < 1.29 is 18.4 Å². The number of aryl methyl sites for hydroxylation is 2. The number of hydrogen-bond donors (Lipinski definition) is 0. The zero-order valence-electron chi connectivity index (χ0n) is 15.6. The van der Waals surface area contributed by atoms with Crippen LogP contribution < -0.4 is 4.74 Å². The third-order valence-corrected chi connectivity index (χ3v) is 4.83. The van der Waals surface area contributed by atoms with Gasteiger partial charge in [-0.3, -0.25) is 9.48 Å². The highest BCUT2D eigenvalue weighted by molar-refractivity contribution is 5.92. The maximum atomic E-state index is 12.9. The van der Waals surface area contributed by atoms with Crippen LogP contribution in [0.2, 0.25) is 0 Å². The summed E-state index contributed by atoms with van der Waals surface area (Å²) in [5.74, 6) is 1.01. The van der Waals surface area contributed by atoms with E-state index >= 15 is 0 Å². The Labute approximate surface area is 160 Å². The van der Waals surface area contributed by atoms with Crippen molar-refractivity contribution in [3.05, 3.63) is 59.3 Å².